The fraction of sp³-hybridized carbons (Fsp3) is 0.538. The lowest BCUT2D eigenvalue weighted by Gasteiger charge is -2.30. The average Bonchev–Trinajstić information content (AvgIpc) is 2.64. The van der Waals surface area contributed by atoms with Crippen LogP contribution in [0.4, 0.5) is 0 Å². The predicted octanol–water partition coefficient (Wildman–Crippen LogP) is 0.754. The zero-order chi connectivity index (χ0) is 11.8. The molecule has 3 rings (SSSR count). The minimum absolute atomic E-state index is 0.0442. The molecule has 2 aliphatic heterocycles. The zero-order valence-corrected chi connectivity index (χ0v) is 9.74. The van der Waals surface area contributed by atoms with Crippen LogP contribution in [0.25, 0.3) is 0 Å². The van der Waals surface area contributed by atoms with Crippen molar-refractivity contribution >= 4 is 11.8 Å². The van der Waals surface area contributed by atoms with Gasteiger partial charge in [-0.25, -0.2) is 0 Å². The molecule has 0 spiro atoms. The number of nitrogens with zero attached hydrogens (tertiary/aromatic N) is 1. The summed E-state index contributed by atoms with van der Waals surface area (Å²) in [7, 11) is 0. The molecule has 0 saturated carbocycles. The molecule has 1 N–H and O–H groups in total. The molecular weight excluding hydrogens is 216 g/mol. The van der Waals surface area contributed by atoms with Crippen LogP contribution < -0.4 is 5.32 Å². The van der Waals surface area contributed by atoms with Crippen LogP contribution in [0.15, 0.2) is 23.3 Å². The maximum Gasteiger partial charge on any atom is 0.261 e. The summed E-state index contributed by atoms with van der Waals surface area (Å²) in [5.41, 5.74) is 1.36. The van der Waals surface area contributed by atoms with Gasteiger partial charge in [-0.05, 0) is 32.2 Å². The van der Waals surface area contributed by atoms with Crippen molar-refractivity contribution in [1.82, 2.24) is 10.2 Å². The third-order valence-electron chi connectivity index (χ3n) is 3.73. The largest absolute Gasteiger partial charge is 0.315 e. The Morgan fingerprint density at radius 2 is 2.18 bits per heavy atom. The Morgan fingerprint density at radius 1 is 1.29 bits per heavy atom. The molecule has 0 unspecified atom stereocenters. The van der Waals surface area contributed by atoms with E-state index in [2.05, 4.69) is 5.32 Å². The minimum Gasteiger partial charge on any atom is -0.315 e. The van der Waals surface area contributed by atoms with E-state index in [-0.39, 0.29) is 17.9 Å². The number of hydrogen-bond donors (Lipinski definition) is 1. The SMILES string of the molecule is O=C1C2=C(CCC=C2)C(=O)N1[C@H]1CCCNC1. The fourth-order valence-corrected chi connectivity index (χ4v) is 2.84. The van der Waals surface area contributed by atoms with Gasteiger partial charge in [0.15, 0.2) is 0 Å². The highest BCUT2D eigenvalue weighted by atomic mass is 16.2. The lowest BCUT2D eigenvalue weighted by atomic mass is 10.00. The lowest BCUT2D eigenvalue weighted by molar-refractivity contribution is -0.140. The van der Waals surface area contributed by atoms with Crippen molar-refractivity contribution in [3.8, 4) is 0 Å². The number of carbonyl (C=O) groups is 2. The number of imide groups is 1. The van der Waals surface area contributed by atoms with E-state index < -0.39 is 0 Å². The van der Waals surface area contributed by atoms with Crippen molar-refractivity contribution in [2.75, 3.05) is 13.1 Å². The molecule has 4 nitrogen and oxygen atoms in total. The van der Waals surface area contributed by atoms with Crippen LogP contribution in [0.5, 0.6) is 0 Å². The zero-order valence-electron chi connectivity index (χ0n) is 9.74. The normalized spacial score (nSPS) is 28.9. The van der Waals surface area contributed by atoms with Gasteiger partial charge in [-0.2, -0.15) is 0 Å². The molecule has 1 atom stereocenters. The molecule has 17 heavy (non-hydrogen) atoms. The maximum absolute atomic E-state index is 12.2. The van der Waals surface area contributed by atoms with E-state index in [0.29, 0.717) is 12.0 Å². The molecule has 1 fully saturated rings. The molecule has 90 valence electrons. The highest BCUT2D eigenvalue weighted by Crippen LogP contribution is 2.31. The van der Waals surface area contributed by atoms with E-state index in [0.717, 1.165) is 37.9 Å². The van der Waals surface area contributed by atoms with Gasteiger partial charge in [-0.3, -0.25) is 14.5 Å². The second kappa shape index (κ2) is 4.11. The summed E-state index contributed by atoms with van der Waals surface area (Å²) in [4.78, 5) is 25.9. The molecule has 0 aromatic carbocycles. The number of nitrogens with one attached hydrogen (secondary N) is 1. The van der Waals surface area contributed by atoms with Crippen LogP contribution in [-0.2, 0) is 9.59 Å². The monoisotopic (exact) mass is 232 g/mol. The summed E-state index contributed by atoms with van der Waals surface area (Å²) in [6.07, 6.45) is 7.33. The molecular formula is C13H16N2O2. The van der Waals surface area contributed by atoms with Crippen LogP contribution in [0.1, 0.15) is 25.7 Å². The van der Waals surface area contributed by atoms with Crippen LogP contribution >= 0.6 is 0 Å². The van der Waals surface area contributed by atoms with Gasteiger partial charge < -0.3 is 5.32 Å². The molecule has 1 saturated heterocycles. The van der Waals surface area contributed by atoms with Crippen LogP contribution in [0.2, 0.25) is 0 Å². The average molecular weight is 232 g/mol. The maximum atomic E-state index is 12.2. The summed E-state index contributed by atoms with van der Waals surface area (Å²) >= 11 is 0. The Labute approximate surface area is 100 Å². The van der Waals surface area contributed by atoms with E-state index in [1.807, 2.05) is 12.2 Å². The second-order valence-corrected chi connectivity index (χ2v) is 4.81. The van der Waals surface area contributed by atoms with E-state index in [1.165, 1.54) is 4.90 Å². The van der Waals surface area contributed by atoms with E-state index in [9.17, 15) is 9.59 Å². The van der Waals surface area contributed by atoms with Gasteiger partial charge in [0.25, 0.3) is 11.8 Å². The van der Waals surface area contributed by atoms with Crippen molar-refractivity contribution in [2.45, 2.75) is 31.7 Å². The molecule has 0 aromatic heterocycles. The van der Waals surface area contributed by atoms with Crippen molar-refractivity contribution < 1.29 is 9.59 Å². The smallest absolute Gasteiger partial charge is 0.261 e. The Bertz CT molecular complexity index is 431. The van der Waals surface area contributed by atoms with Gasteiger partial charge >= 0.3 is 0 Å². The summed E-state index contributed by atoms with van der Waals surface area (Å²) in [5, 5.41) is 3.25. The number of amides is 2. The van der Waals surface area contributed by atoms with Crippen molar-refractivity contribution in [2.24, 2.45) is 0 Å². The minimum atomic E-state index is -0.0883. The first-order chi connectivity index (χ1) is 8.29. The van der Waals surface area contributed by atoms with Gasteiger partial charge in [0.1, 0.15) is 0 Å². The van der Waals surface area contributed by atoms with E-state index >= 15 is 0 Å². The lowest BCUT2D eigenvalue weighted by Crippen LogP contribution is -2.49. The van der Waals surface area contributed by atoms with Gasteiger partial charge in [-0.15, -0.1) is 0 Å². The third kappa shape index (κ3) is 1.63. The van der Waals surface area contributed by atoms with Crippen molar-refractivity contribution in [1.29, 1.82) is 0 Å². The third-order valence-corrected chi connectivity index (χ3v) is 3.73. The molecule has 0 bridgehead atoms. The summed E-state index contributed by atoms with van der Waals surface area (Å²) < 4.78 is 0. The molecule has 3 aliphatic rings. The first kappa shape index (κ1) is 10.7. The van der Waals surface area contributed by atoms with Gasteiger partial charge in [0.05, 0.1) is 6.04 Å². The first-order valence-corrected chi connectivity index (χ1v) is 6.27. The van der Waals surface area contributed by atoms with E-state index in [4.69, 9.17) is 0 Å². The molecule has 2 amide bonds. The molecule has 2 heterocycles. The summed E-state index contributed by atoms with van der Waals surface area (Å²) in [6, 6.07) is 0.0442. The molecule has 0 radical (unpaired) electrons. The number of carbonyl (C=O) groups excluding carboxylic acids is 2. The number of hydrogen-bond acceptors (Lipinski definition) is 3. The number of rotatable bonds is 1. The Kier molecular flexibility index (Phi) is 2.59. The Hall–Kier alpha value is -1.42. The van der Waals surface area contributed by atoms with Crippen molar-refractivity contribution in [3.05, 3.63) is 23.3 Å². The van der Waals surface area contributed by atoms with Gasteiger partial charge in [-0.1, -0.05) is 12.2 Å². The van der Waals surface area contributed by atoms with Crippen LogP contribution in [0.3, 0.4) is 0 Å². The highest BCUT2D eigenvalue weighted by molar-refractivity contribution is 6.21. The quantitative estimate of drug-likeness (QED) is 0.679. The van der Waals surface area contributed by atoms with Gasteiger partial charge in [0, 0.05) is 17.7 Å². The van der Waals surface area contributed by atoms with E-state index in [1.54, 1.807) is 0 Å². The first-order valence-electron chi connectivity index (χ1n) is 6.27. The van der Waals surface area contributed by atoms with Crippen LogP contribution in [-0.4, -0.2) is 35.8 Å². The molecule has 4 heteroatoms. The topological polar surface area (TPSA) is 49.4 Å². The highest BCUT2D eigenvalue weighted by Gasteiger charge is 2.41. The second-order valence-electron chi connectivity index (χ2n) is 4.81. The molecule has 0 aromatic rings. The standard InChI is InChI=1S/C13H16N2O2/c16-12-10-5-1-2-6-11(10)13(17)15(12)9-4-3-7-14-8-9/h1,5,9,14H,2-4,6-8H2/t9-/m0/s1. The Balaban J connectivity index is 1.87. The van der Waals surface area contributed by atoms with Crippen molar-refractivity contribution in [3.63, 3.8) is 0 Å². The predicted molar refractivity (Wildman–Crippen MR) is 63.1 cm³/mol. The molecule has 1 aliphatic carbocycles. The van der Waals surface area contributed by atoms with Gasteiger partial charge in [0.2, 0.25) is 0 Å². The number of allylic oxidation sites excluding steroid dienone is 1. The van der Waals surface area contributed by atoms with Crippen LogP contribution in [0, 0.1) is 0 Å². The Morgan fingerprint density at radius 3 is 2.88 bits per heavy atom. The fourth-order valence-electron chi connectivity index (χ4n) is 2.84. The summed E-state index contributed by atoms with van der Waals surface area (Å²) in [6.45, 7) is 1.72. The number of piperidine rings is 1. The summed E-state index contributed by atoms with van der Waals surface area (Å²) in [5.74, 6) is -0.141.